The Labute approximate surface area is 104 Å². The normalized spacial score (nSPS) is 26.1. The van der Waals surface area contributed by atoms with Gasteiger partial charge in [-0.05, 0) is 31.7 Å². The van der Waals surface area contributed by atoms with Gasteiger partial charge in [-0.2, -0.15) is 0 Å². The highest BCUT2D eigenvalue weighted by Crippen LogP contribution is 2.26. The van der Waals surface area contributed by atoms with Crippen molar-refractivity contribution in [2.75, 3.05) is 23.9 Å². The lowest BCUT2D eigenvalue weighted by molar-refractivity contribution is 0.431. The van der Waals surface area contributed by atoms with Crippen molar-refractivity contribution < 1.29 is 8.42 Å². The zero-order valence-corrected chi connectivity index (χ0v) is 11.5. The second-order valence-corrected chi connectivity index (χ2v) is 7.28. The van der Waals surface area contributed by atoms with Crippen molar-refractivity contribution >= 4 is 21.4 Å². The average molecular weight is 268 g/mol. The van der Waals surface area contributed by atoms with E-state index < -0.39 is 9.84 Å². The number of rotatable bonds is 7. The van der Waals surface area contributed by atoms with Gasteiger partial charge in [-0.15, -0.1) is 11.6 Å². The molecule has 16 heavy (non-hydrogen) atoms. The van der Waals surface area contributed by atoms with E-state index in [1.54, 1.807) is 6.92 Å². The zero-order chi connectivity index (χ0) is 12.0. The second-order valence-electron chi connectivity index (χ2n) is 4.50. The number of sulfone groups is 1. The van der Waals surface area contributed by atoms with Crippen LogP contribution in [0.2, 0.25) is 0 Å². The molecule has 1 fully saturated rings. The maximum Gasteiger partial charge on any atom is 0.150 e. The van der Waals surface area contributed by atoms with Crippen LogP contribution < -0.4 is 5.32 Å². The molecule has 1 aliphatic carbocycles. The quantitative estimate of drug-likeness (QED) is 0.565. The molecule has 1 aliphatic rings. The monoisotopic (exact) mass is 267 g/mol. The molecular formula is C11H22ClNO2S. The first-order valence-corrected chi connectivity index (χ1v) is 8.44. The van der Waals surface area contributed by atoms with Gasteiger partial charge in [0.2, 0.25) is 0 Å². The van der Waals surface area contributed by atoms with E-state index in [1.165, 1.54) is 19.3 Å². The highest BCUT2D eigenvalue weighted by molar-refractivity contribution is 7.91. The minimum atomic E-state index is -2.80. The SMILES string of the molecule is CCS(=O)(=O)CCCNC1CCCC1CCl. The van der Waals surface area contributed by atoms with Crippen molar-refractivity contribution in [2.45, 2.75) is 38.6 Å². The van der Waals surface area contributed by atoms with E-state index in [9.17, 15) is 8.42 Å². The zero-order valence-electron chi connectivity index (χ0n) is 9.91. The van der Waals surface area contributed by atoms with Crippen LogP contribution in [0.15, 0.2) is 0 Å². The third kappa shape index (κ3) is 4.60. The molecule has 0 heterocycles. The van der Waals surface area contributed by atoms with Crippen LogP contribution in [0, 0.1) is 5.92 Å². The third-order valence-electron chi connectivity index (χ3n) is 3.34. The Kier molecular flexibility index (Phi) is 6.08. The summed E-state index contributed by atoms with van der Waals surface area (Å²) in [5, 5.41) is 3.43. The second kappa shape index (κ2) is 6.82. The van der Waals surface area contributed by atoms with Crippen LogP contribution in [0.4, 0.5) is 0 Å². The van der Waals surface area contributed by atoms with Crippen molar-refractivity contribution in [3.05, 3.63) is 0 Å². The Balaban J connectivity index is 2.16. The summed E-state index contributed by atoms with van der Waals surface area (Å²) in [6, 6.07) is 0.502. The van der Waals surface area contributed by atoms with E-state index in [1.807, 2.05) is 0 Å². The molecule has 0 spiro atoms. The van der Waals surface area contributed by atoms with Gasteiger partial charge < -0.3 is 5.32 Å². The van der Waals surface area contributed by atoms with Gasteiger partial charge in [0.25, 0.3) is 0 Å². The van der Waals surface area contributed by atoms with Gasteiger partial charge in [-0.3, -0.25) is 0 Å². The minimum Gasteiger partial charge on any atom is -0.314 e. The van der Waals surface area contributed by atoms with E-state index in [0.29, 0.717) is 30.0 Å². The Bertz CT molecular complexity index is 292. The number of hydrogen-bond donors (Lipinski definition) is 1. The van der Waals surface area contributed by atoms with E-state index in [2.05, 4.69) is 5.32 Å². The lowest BCUT2D eigenvalue weighted by Gasteiger charge is -2.18. The molecule has 5 heteroatoms. The molecule has 1 saturated carbocycles. The number of nitrogens with one attached hydrogen (secondary N) is 1. The smallest absolute Gasteiger partial charge is 0.150 e. The maximum atomic E-state index is 11.3. The molecule has 0 aromatic carbocycles. The van der Waals surface area contributed by atoms with Crippen LogP contribution in [-0.2, 0) is 9.84 Å². The van der Waals surface area contributed by atoms with Gasteiger partial charge in [-0.25, -0.2) is 8.42 Å². The molecule has 1 N–H and O–H groups in total. The fourth-order valence-corrected chi connectivity index (χ4v) is 3.46. The molecule has 0 saturated heterocycles. The maximum absolute atomic E-state index is 11.3. The summed E-state index contributed by atoms with van der Waals surface area (Å²) in [5.74, 6) is 1.84. The lowest BCUT2D eigenvalue weighted by Crippen LogP contribution is -2.34. The minimum absolute atomic E-state index is 0.251. The van der Waals surface area contributed by atoms with Crippen molar-refractivity contribution in [2.24, 2.45) is 5.92 Å². The molecule has 2 unspecified atom stereocenters. The standard InChI is InChI=1S/C11H22ClNO2S/c1-2-16(14,15)8-4-7-13-11-6-3-5-10(11)9-12/h10-11,13H,2-9H2,1H3. The molecule has 0 aliphatic heterocycles. The van der Waals surface area contributed by atoms with E-state index >= 15 is 0 Å². The largest absolute Gasteiger partial charge is 0.314 e. The van der Waals surface area contributed by atoms with Gasteiger partial charge >= 0.3 is 0 Å². The number of halogens is 1. The van der Waals surface area contributed by atoms with Crippen molar-refractivity contribution in [3.63, 3.8) is 0 Å². The molecule has 0 radical (unpaired) electrons. The third-order valence-corrected chi connectivity index (χ3v) is 5.52. The van der Waals surface area contributed by atoms with Crippen LogP contribution in [-0.4, -0.2) is 38.4 Å². The topological polar surface area (TPSA) is 46.2 Å². The first-order valence-electron chi connectivity index (χ1n) is 6.09. The Hall–Kier alpha value is 0.200. The average Bonchev–Trinajstić information content (AvgIpc) is 2.72. The highest BCUT2D eigenvalue weighted by atomic mass is 35.5. The fraction of sp³-hybridized carbons (Fsp3) is 1.00. The predicted molar refractivity (Wildman–Crippen MR) is 68.8 cm³/mol. The van der Waals surface area contributed by atoms with E-state index in [0.717, 1.165) is 6.54 Å². The molecule has 96 valence electrons. The molecular weight excluding hydrogens is 246 g/mol. The highest BCUT2D eigenvalue weighted by Gasteiger charge is 2.25. The molecule has 2 atom stereocenters. The van der Waals surface area contributed by atoms with Crippen LogP contribution in [0.3, 0.4) is 0 Å². The van der Waals surface area contributed by atoms with Crippen LogP contribution >= 0.6 is 11.6 Å². The lowest BCUT2D eigenvalue weighted by atomic mass is 10.1. The van der Waals surface area contributed by atoms with Gasteiger partial charge in [0.15, 0.2) is 0 Å². The molecule has 0 amide bonds. The summed E-state index contributed by atoms with van der Waals surface area (Å²) in [6.07, 6.45) is 4.33. The number of alkyl halides is 1. The Morgan fingerprint density at radius 3 is 2.75 bits per heavy atom. The molecule has 1 rings (SSSR count). The molecule has 0 bridgehead atoms. The van der Waals surface area contributed by atoms with Crippen LogP contribution in [0.5, 0.6) is 0 Å². The van der Waals surface area contributed by atoms with Crippen LogP contribution in [0.1, 0.15) is 32.6 Å². The van der Waals surface area contributed by atoms with Crippen molar-refractivity contribution in [1.29, 1.82) is 0 Å². The van der Waals surface area contributed by atoms with Crippen molar-refractivity contribution in [3.8, 4) is 0 Å². The summed E-state index contributed by atoms with van der Waals surface area (Å²) in [5.41, 5.74) is 0. The van der Waals surface area contributed by atoms with Crippen LogP contribution in [0.25, 0.3) is 0 Å². The molecule has 0 aromatic heterocycles. The van der Waals surface area contributed by atoms with Gasteiger partial charge in [0.1, 0.15) is 9.84 Å². The summed E-state index contributed by atoms with van der Waals surface area (Å²) in [4.78, 5) is 0. The summed E-state index contributed by atoms with van der Waals surface area (Å²) < 4.78 is 22.5. The Morgan fingerprint density at radius 2 is 2.12 bits per heavy atom. The van der Waals surface area contributed by atoms with Gasteiger partial charge in [-0.1, -0.05) is 13.3 Å². The summed E-state index contributed by atoms with van der Waals surface area (Å²) >= 11 is 5.87. The fourth-order valence-electron chi connectivity index (χ4n) is 2.21. The summed E-state index contributed by atoms with van der Waals surface area (Å²) in [6.45, 7) is 2.49. The molecule has 0 aromatic rings. The molecule has 3 nitrogen and oxygen atoms in total. The first-order chi connectivity index (χ1) is 7.59. The van der Waals surface area contributed by atoms with Crippen molar-refractivity contribution in [1.82, 2.24) is 5.32 Å². The van der Waals surface area contributed by atoms with Gasteiger partial charge in [0.05, 0.1) is 5.75 Å². The summed E-state index contributed by atoms with van der Waals surface area (Å²) in [7, 11) is -2.80. The number of hydrogen-bond acceptors (Lipinski definition) is 3. The van der Waals surface area contributed by atoms with E-state index in [-0.39, 0.29) is 5.75 Å². The first kappa shape index (κ1) is 14.3. The predicted octanol–water partition coefficient (Wildman–Crippen LogP) is 1.81. The van der Waals surface area contributed by atoms with Gasteiger partial charge in [0, 0.05) is 17.7 Å². The van der Waals surface area contributed by atoms with E-state index in [4.69, 9.17) is 11.6 Å². The Morgan fingerprint density at radius 1 is 1.38 bits per heavy atom.